The molecule has 0 radical (unpaired) electrons. The van der Waals surface area contributed by atoms with Crippen LogP contribution in [0.15, 0.2) is 30.3 Å². The normalized spacial score (nSPS) is 13.5. The summed E-state index contributed by atoms with van der Waals surface area (Å²) in [7, 11) is 1.36. The number of hydrogen-bond donors (Lipinski definition) is 1. The van der Waals surface area contributed by atoms with Gasteiger partial charge < -0.3 is 19.5 Å². The molecule has 2 aromatic rings. The number of aryl methyl sites for hydroxylation is 1. The molecule has 0 aliphatic carbocycles. The number of benzene rings is 1. The molecule has 23 heavy (non-hydrogen) atoms. The Morgan fingerprint density at radius 2 is 2.04 bits per heavy atom. The molecular weight excluding hydrogens is 296 g/mol. The molecule has 1 unspecified atom stereocenters. The molecule has 1 aliphatic rings. The molecule has 1 aliphatic heterocycles. The van der Waals surface area contributed by atoms with Gasteiger partial charge in [-0.05, 0) is 43.7 Å². The predicted octanol–water partition coefficient (Wildman–Crippen LogP) is 3.08. The lowest BCUT2D eigenvalue weighted by Gasteiger charge is -2.16. The lowest BCUT2D eigenvalue weighted by atomic mass is 10.1. The highest BCUT2D eigenvalue weighted by atomic mass is 16.7. The number of pyridine rings is 1. The molecule has 1 atom stereocenters. The van der Waals surface area contributed by atoms with Crippen molar-refractivity contribution in [3.63, 3.8) is 0 Å². The lowest BCUT2D eigenvalue weighted by molar-refractivity contribution is 0.0599. The minimum absolute atomic E-state index is 0.0281. The van der Waals surface area contributed by atoms with E-state index in [0.717, 1.165) is 17.1 Å². The van der Waals surface area contributed by atoms with Crippen LogP contribution in [0, 0.1) is 6.92 Å². The number of rotatable bonds is 4. The second kappa shape index (κ2) is 6.16. The number of anilines is 1. The van der Waals surface area contributed by atoms with Crippen molar-refractivity contribution in [2.75, 3.05) is 19.2 Å². The van der Waals surface area contributed by atoms with Gasteiger partial charge in [0.05, 0.1) is 24.4 Å². The SMILES string of the molecule is COC(=O)c1ccc(NC(C)c2ccc3c(c2)OCO3)nc1C. The van der Waals surface area contributed by atoms with Crippen LogP contribution in [0.5, 0.6) is 11.5 Å². The standard InChI is InChI=1S/C17H18N2O4/c1-10(12-4-6-14-15(8-12)23-9-22-14)18-16-7-5-13(11(2)19-16)17(20)21-3/h4-8,10H,9H2,1-3H3,(H,18,19). The zero-order valence-corrected chi connectivity index (χ0v) is 13.3. The van der Waals surface area contributed by atoms with E-state index in [1.54, 1.807) is 19.1 Å². The zero-order chi connectivity index (χ0) is 16.4. The number of fused-ring (bicyclic) bond motifs is 1. The summed E-state index contributed by atoms with van der Waals surface area (Å²) in [5.74, 6) is 1.82. The predicted molar refractivity (Wildman–Crippen MR) is 84.9 cm³/mol. The molecule has 1 aromatic carbocycles. The van der Waals surface area contributed by atoms with Crippen molar-refractivity contribution < 1.29 is 19.0 Å². The second-order valence-corrected chi connectivity index (χ2v) is 5.30. The van der Waals surface area contributed by atoms with Crippen LogP contribution in [0.3, 0.4) is 0 Å². The van der Waals surface area contributed by atoms with E-state index in [1.165, 1.54) is 7.11 Å². The van der Waals surface area contributed by atoms with Gasteiger partial charge in [-0.25, -0.2) is 9.78 Å². The number of hydrogen-bond acceptors (Lipinski definition) is 6. The smallest absolute Gasteiger partial charge is 0.339 e. The quantitative estimate of drug-likeness (QED) is 0.875. The van der Waals surface area contributed by atoms with Gasteiger partial charge in [-0.15, -0.1) is 0 Å². The molecular formula is C17H18N2O4. The Morgan fingerprint density at radius 1 is 1.26 bits per heavy atom. The van der Waals surface area contributed by atoms with Crippen molar-refractivity contribution in [3.05, 3.63) is 47.2 Å². The molecule has 1 aromatic heterocycles. The average Bonchev–Trinajstić information content (AvgIpc) is 3.01. The highest BCUT2D eigenvalue weighted by Gasteiger charge is 2.16. The number of ether oxygens (including phenoxy) is 3. The number of esters is 1. The van der Waals surface area contributed by atoms with Gasteiger partial charge in [0.1, 0.15) is 5.82 Å². The third-order valence-electron chi connectivity index (χ3n) is 3.75. The summed E-state index contributed by atoms with van der Waals surface area (Å²) >= 11 is 0. The third-order valence-corrected chi connectivity index (χ3v) is 3.75. The van der Waals surface area contributed by atoms with Gasteiger partial charge in [0.15, 0.2) is 11.5 Å². The average molecular weight is 314 g/mol. The first-order valence-corrected chi connectivity index (χ1v) is 7.30. The molecule has 0 spiro atoms. The molecule has 2 heterocycles. The Labute approximate surface area is 134 Å². The van der Waals surface area contributed by atoms with Crippen molar-refractivity contribution in [2.45, 2.75) is 19.9 Å². The molecule has 1 N–H and O–H groups in total. The summed E-state index contributed by atoms with van der Waals surface area (Å²) in [5, 5.41) is 3.31. The van der Waals surface area contributed by atoms with Crippen LogP contribution in [0.2, 0.25) is 0 Å². The van der Waals surface area contributed by atoms with Crippen molar-refractivity contribution in [3.8, 4) is 11.5 Å². The van der Waals surface area contributed by atoms with E-state index in [4.69, 9.17) is 14.2 Å². The van der Waals surface area contributed by atoms with Gasteiger partial charge >= 0.3 is 5.97 Å². The number of nitrogens with zero attached hydrogens (tertiary/aromatic N) is 1. The highest BCUT2D eigenvalue weighted by Crippen LogP contribution is 2.34. The third kappa shape index (κ3) is 3.06. The lowest BCUT2D eigenvalue weighted by Crippen LogP contribution is -2.10. The number of methoxy groups -OCH3 is 1. The largest absolute Gasteiger partial charge is 0.465 e. The topological polar surface area (TPSA) is 69.7 Å². The fourth-order valence-corrected chi connectivity index (χ4v) is 2.45. The van der Waals surface area contributed by atoms with Gasteiger partial charge in [-0.3, -0.25) is 0 Å². The van der Waals surface area contributed by atoms with Crippen LogP contribution >= 0.6 is 0 Å². The van der Waals surface area contributed by atoms with E-state index in [9.17, 15) is 4.79 Å². The Kier molecular flexibility index (Phi) is 4.06. The number of aromatic nitrogens is 1. The monoisotopic (exact) mass is 314 g/mol. The molecule has 120 valence electrons. The maximum atomic E-state index is 11.6. The van der Waals surface area contributed by atoms with Crippen LogP contribution in [-0.4, -0.2) is 24.9 Å². The fourth-order valence-electron chi connectivity index (χ4n) is 2.45. The van der Waals surface area contributed by atoms with Gasteiger partial charge in [0.25, 0.3) is 0 Å². The first-order valence-electron chi connectivity index (χ1n) is 7.30. The van der Waals surface area contributed by atoms with E-state index in [0.29, 0.717) is 17.1 Å². The highest BCUT2D eigenvalue weighted by molar-refractivity contribution is 5.90. The van der Waals surface area contributed by atoms with Crippen molar-refractivity contribution >= 4 is 11.8 Å². The van der Waals surface area contributed by atoms with Crippen LogP contribution in [-0.2, 0) is 4.74 Å². The van der Waals surface area contributed by atoms with Crippen molar-refractivity contribution in [2.24, 2.45) is 0 Å². The Morgan fingerprint density at radius 3 is 2.78 bits per heavy atom. The summed E-state index contributed by atoms with van der Waals surface area (Å²) in [6.45, 7) is 4.07. The van der Waals surface area contributed by atoms with E-state index >= 15 is 0 Å². The zero-order valence-electron chi connectivity index (χ0n) is 13.3. The minimum atomic E-state index is -0.384. The van der Waals surface area contributed by atoms with Crippen LogP contribution in [0.25, 0.3) is 0 Å². The maximum Gasteiger partial charge on any atom is 0.339 e. The minimum Gasteiger partial charge on any atom is -0.465 e. The Bertz CT molecular complexity index is 745. The van der Waals surface area contributed by atoms with Crippen LogP contribution in [0.4, 0.5) is 5.82 Å². The number of carbonyl (C=O) groups is 1. The number of carbonyl (C=O) groups excluding carboxylic acids is 1. The molecule has 0 saturated carbocycles. The van der Waals surface area contributed by atoms with Crippen LogP contribution < -0.4 is 14.8 Å². The van der Waals surface area contributed by atoms with E-state index in [2.05, 4.69) is 10.3 Å². The second-order valence-electron chi connectivity index (χ2n) is 5.30. The molecule has 6 heteroatoms. The van der Waals surface area contributed by atoms with Gasteiger partial charge in [-0.1, -0.05) is 6.07 Å². The molecule has 6 nitrogen and oxygen atoms in total. The molecule has 0 amide bonds. The van der Waals surface area contributed by atoms with Gasteiger partial charge in [0, 0.05) is 0 Å². The van der Waals surface area contributed by atoms with Crippen molar-refractivity contribution in [1.29, 1.82) is 0 Å². The van der Waals surface area contributed by atoms with E-state index in [1.807, 2.05) is 25.1 Å². The summed E-state index contributed by atoms with van der Waals surface area (Å²) in [4.78, 5) is 16.0. The summed E-state index contributed by atoms with van der Waals surface area (Å²) < 4.78 is 15.4. The first kappa shape index (κ1) is 15.1. The molecule has 0 fully saturated rings. The summed E-state index contributed by atoms with van der Waals surface area (Å²) in [6, 6.07) is 9.34. The van der Waals surface area contributed by atoms with Crippen LogP contribution in [0.1, 0.15) is 34.6 Å². The fraction of sp³-hybridized carbons (Fsp3) is 0.294. The van der Waals surface area contributed by atoms with E-state index < -0.39 is 0 Å². The molecule has 0 bridgehead atoms. The van der Waals surface area contributed by atoms with Crippen molar-refractivity contribution in [1.82, 2.24) is 4.98 Å². The Balaban J connectivity index is 1.76. The Hall–Kier alpha value is -2.76. The van der Waals surface area contributed by atoms with E-state index in [-0.39, 0.29) is 18.8 Å². The molecule has 3 rings (SSSR count). The summed E-state index contributed by atoms with van der Waals surface area (Å²) in [5.41, 5.74) is 2.15. The van der Waals surface area contributed by atoms with Gasteiger partial charge in [0.2, 0.25) is 6.79 Å². The first-order chi connectivity index (χ1) is 11.1. The molecule has 0 saturated heterocycles. The van der Waals surface area contributed by atoms with Gasteiger partial charge in [-0.2, -0.15) is 0 Å². The summed E-state index contributed by atoms with van der Waals surface area (Å²) in [6.07, 6.45) is 0. The number of nitrogens with one attached hydrogen (secondary N) is 1. The maximum absolute atomic E-state index is 11.6.